The number of nitrogens with zero attached hydrogens (tertiary/aromatic N) is 3. The Morgan fingerprint density at radius 3 is 1.00 bits per heavy atom. The van der Waals surface area contributed by atoms with E-state index in [1.807, 2.05) is 60.1 Å². The number of halogens is 10. The first kappa shape index (κ1) is 43.0. The third kappa shape index (κ3) is 7.10. The van der Waals surface area contributed by atoms with E-state index in [2.05, 4.69) is 9.97 Å². The number of benzene rings is 4. The molecule has 9 rings (SSSR count). The molecule has 0 atom stereocenters. The first-order valence-corrected chi connectivity index (χ1v) is 20.0. The van der Waals surface area contributed by atoms with Gasteiger partial charge in [0.15, 0.2) is 46.5 Å². The minimum absolute atomic E-state index is 0.0978. The van der Waals surface area contributed by atoms with Crippen LogP contribution in [0.2, 0.25) is 0 Å². The van der Waals surface area contributed by atoms with Crippen molar-refractivity contribution >= 4 is 52.1 Å². The van der Waals surface area contributed by atoms with Gasteiger partial charge in [0.05, 0.1) is 55.0 Å². The number of nitrogens with one attached hydrogen (secondary N) is 2. The smallest absolute Gasteiger partial charge is 0.200 e. The molecule has 0 unspecified atom stereocenters. The van der Waals surface area contributed by atoms with Crippen LogP contribution >= 0.6 is 0 Å². The van der Waals surface area contributed by atoms with Gasteiger partial charge in [-0.25, -0.2) is 53.9 Å². The van der Waals surface area contributed by atoms with E-state index in [1.165, 1.54) is 48.6 Å². The molecule has 8 bridgehead atoms. The lowest BCUT2D eigenvalue weighted by Gasteiger charge is -2.24. The van der Waals surface area contributed by atoms with E-state index in [0.29, 0.717) is 15.6 Å². The Morgan fingerprint density at radius 1 is 0.354 bits per heavy atom. The Labute approximate surface area is 364 Å². The van der Waals surface area contributed by atoms with Crippen LogP contribution in [-0.2, 0) is 0 Å². The largest absolute Gasteiger partial charge is 0.354 e. The second-order valence-corrected chi connectivity index (χ2v) is 16.8. The van der Waals surface area contributed by atoms with Crippen molar-refractivity contribution in [2.45, 2.75) is 20.8 Å². The van der Waals surface area contributed by atoms with Gasteiger partial charge in [-0.3, -0.25) is 4.48 Å². The molecule has 3 aromatic heterocycles. The third-order valence-electron chi connectivity index (χ3n) is 11.3. The first-order valence-electron chi connectivity index (χ1n) is 20.0. The molecule has 328 valence electrons. The maximum Gasteiger partial charge on any atom is 0.200 e. The molecule has 2 aliphatic heterocycles. The van der Waals surface area contributed by atoms with E-state index in [-0.39, 0.29) is 56.0 Å². The quantitative estimate of drug-likeness (QED) is 0.0783. The average molecular weight is 895 g/mol. The zero-order chi connectivity index (χ0) is 46.5. The van der Waals surface area contributed by atoms with Crippen LogP contribution in [0, 0.1) is 78.9 Å². The maximum atomic E-state index is 16.0. The minimum Gasteiger partial charge on any atom is -0.354 e. The van der Waals surface area contributed by atoms with Crippen LogP contribution in [0.25, 0.3) is 90.9 Å². The van der Waals surface area contributed by atoms with Crippen LogP contribution in [0.4, 0.5) is 49.6 Å². The summed E-state index contributed by atoms with van der Waals surface area (Å²) in [6.45, 7) is 5.46. The summed E-state index contributed by atoms with van der Waals surface area (Å²) in [5, 5.41) is 0. The Hall–Kier alpha value is -7.26. The minimum atomic E-state index is -2.35. The molecular formula is C50H34F10N5+. The fraction of sp³-hybridized carbons (Fsp3) is 0.120. The highest BCUT2D eigenvalue weighted by molar-refractivity contribution is 6.00. The number of rotatable bonds is 5. The van der Waals surface area contributed by atoms with Crippen molar-refractivity contribution in [3.05, 3.63) is 158 Å². The molecule has 5 nitrogen and oxygen atoms in total. The van der Waals surface area contributed by atoms with Crippen molar-refractivity contribution in [1.82, 2.24) is 24.4 Å². The zero-order valence-electron chi connectivity index (χ0n) is 35.2. The van der Waals surface area contributed by atoms with Crippen LogP contribution in [0.3, 0.4) is 0 Å². The number of quaternary nitrogens is 1. The molecule has 2 N–H and O–H groups in total. The number of hydrogen-bond donors (Lipinski definition) is 2. The van der Waals surface area contributed by atoms with Gasteiger partial charge < -0.3 is 9.97 Å². The second-order valence-electron chi connectivity index (χ2n) is 16.8. The van der Waals surface area contributed by atoms with E-state index in [4.69, 9.17) is 9.97 Å². The molecule has 65 heavy (non-hydrogen) atoms. The number of hydrogen-bond acceptors (Lipinski definition) is 2. The molecule has 7 aromatic rings. The predicted octanol–water partition coefficient (Wildman–Crippen LogP) is 13.8. The number of aryl methyl sites for hydroxylation is 3. The molecule has 0 amide bonds. The monoisotopic (exact) mass is 894 g/mol. The molecule has 0 saturated carbocycles. The number of aromatic nitrogens is 4. The molecule has 4 aromatic carbocycles. The van der Waals surface area contributed by atoms with E-state index in [1.54, 1.807) is 18.2 Å². The summed E-state index contributed by atoms with van der Waals surface area (Å²) in [5.41, 5.74) is 1.07. The Morgan fingerprint density at radius 2 is 0.646 bits per heavy atom. The summed E-state index contributed by atoms with van der Waals surface area (Å²) < 4.78 is 154. The Kier molecular flexibility index (Phi) is 10.2. The van der Waals surface area contributed by atoms with Crippen LogP contribution in [0.5, 0.6) is 0 Å². The molecular weight excluding hydrogens is 861 g/mol. The molecule has 15 heteroatoms. The standard InChI is InChI=1S/C50H34F10N5/c1-21-15-22(2)17-24(16-21)35-27-7-11-31(61-27)37(39-41(51)45(55)49(59)46(56)42(39)52)33-13-9-29(63-33)36(25-18-23(3)19-26(20-25)65(4,5)6)30-10-14-34(64-30)38(32-12-8-28(35)62-32)40-43(53)47(57)50(60)48(58)44(40)54/h7-20,61,64H,1-6H3/q+1. The Bertz CT molecular complexity index is 3320. The number of fused-ring (bicyclic) bond motifs is 8. The summed E-state index contributed by atoms with van der Waals surface area (Å²) >= 11 is 0. The van der Waals surface area contributed by atoms with Gasteiger partial charge in [-0.05, 0) is 86.0 Å². The van der Waals surface area contributed by atoms with Crippen molar-refractivity contribution in [3.8, 4) is 44.5 Å². The maximum absolute atomic E-state index is 16.0. The number of aromatic amines is 2. The molecule has 5 heterocycles. The molecule has 2 aliphatic rings. The molecule has 0 saturated heterocycles. The lowest BCUT2D eigenvalue weighted by molar-refractivity contribution is 0.381. The van der Waals surface area contributed by atoms with Crippen molar-refractivity contribution in [2.24, 2.45) is 0 Å². The highest BCUT2D eigenvalue weighted by atomic mass is 19.2. The van der Waals surface area contributed by atoms with Crippen LogP contribution in [-0.4, -0.2) is 41.1 Å². The molecule has 0 fully saturated rings. The fourth-order valence-electron chi connectivity index (χ4n) is 8.40. The van der Waals surface area contributed by atoms with E-state index >= 15 is 35.1 Å². The van der Waals surface area contributed by atoms with E-state index in [0.717, 1.165) is 22.4 Å². The molecule has 0 radical (unpaired) electrons. The van der Waals surface area contributed by atoms with Crippen molar-refractivity contribution < 1.29 is 43.9 Å². The van der Waals surface area contributed by atoms with Crippen LogP contribution in [0.1, 0.15) is 39.5 Å². The lowest BCUT2D eigenvalue weighted by atomic mass is 9.99. The second kappa shape index (κ2) is 15.5. The van der Waals surface area contributed by atoms with Crippen LogP contribution < -0.4 is 4.48 Å². The summed E-state index contributed by atoms with van der Waals surface area (Å²) in [4.78, 5) is 15.7. The van der Waals surface area contributed by atoms with E-state index < -0.39 is 80.4 Å². The summed E-state index contributed by atoms with van der Waals surface area (Å²) in [6, 6.07) is 16.7. The Balaban J connectivity index is 1.55. The van der Waals surface area contributed by atoms with Gasteiger partial charge in [-0.2, -0.15) is 0 Å². The van der Waals surface area contributed by atoms with Gasteiger partial charge in [0.1, 0.15) is 5.69 Å². The predicted molar refractivity (Wildman–Crippen MR) is 234 cm³/mol. The lowest BCUT2D eigenvalue weighted by Crippen LogP contribution is -2.34. The molecule has 0 aliphatic carbocycles. The van der Waals surface area contributed by atoms with Gasteiger partial charge in [0.25, 0.3) is 0 Å². The highest BCUT2D eigenvalue weighted by Crippen LogP contribution is 2.43. The summed E-state index contributed by atoms with van der Waals surface area (Å²) in [7, 11) is 5.75. The average Bonchev–Trinajstić information content (AvgIpc) is 4.10. The van der Waals surface area contributed by atoms with Crippen molar-refractivity contribution in [3.63, 3.8) is 0 Å². The van der Waals surface area contributed by atoms with Crippen LogP contribution in [0.15, 0.2) is 60.7 Å². The highest BCUT2D eigenvalue weighted by Gasteiger charge is 2.32. The number of H-pyrrole nitrogens is 2. The van der Waals surface area contributed by atoms with Gasteiger partial charge in [0.2, 0.25) is 11.6 Å². The van der Waals surface area contributed by atoms with Gasteiger partial charge in [0, 0.05) is 56.5 Å². The van der Waals surface area contributed by atoms with Gasteiger partial charge >= 0.3 is 0 Å². The topological polar surface area (TPSA) is 57.4 Å². The normalized spacial score (nSPS) is 12.5. The van der Waals surface area contributed by atoms with Crippen molar-refractivity contribution in [1.29, 1.82) is 0 Å². The van der Waals surface area contributed by atoms with Crippen molar-refractivity contribution in [2.75, 3.05) is 21.1 Å². The molecule has 0 spiro atoms. The zero-order valence-corrected chi connectivity index (χ0v) is 35.2. The third-order valence-corrected chi connectivity index (χ3v) is 11.3. The SMILES string of the molecule is Cc1cc(C)cc(-c2c3nc(c(-c4c(F)c(F)c(F)c(F)c4F)c4ccc([nH]4)c(-c4cc(C)cc([N+](C)(C)C)c4)c4nc(c(-c5c(F)c(F)c(F)c(F)c5F)c5ccc2[nH]5)C=C4)C=C3)c1. The van der Waals surface area contributed by atoms with E-state index in [9.17, 15) is 8.78 Å². The van der Waals surface area contributed by atoms with Gasteiger partial charge in [-0.1, -0.05) is 35.4 Å². The fourth-order valence-corrected chi connectivity index (χ4v) is 8.40. The van der Waals surface area contributed by atoms with Gasteiger partial charge in [-0.15, -0.1) is 0 Å². The summed E-state index contributed by atoms with van der Waals surface area (Å²) in [5.74, 6) is -21.8. The summed E-state index contributed by atoms with van der Waals surface area (Å²) in [6.07, 6.45) is 5.59. The first-order chi connectivity index (χ1) is 30.7.